The molecule has 0 saturated carbocycles. The Hall–Kier alpha value is -1.00. The molecule has 1 aromatic rings. The average Bonchev–Trinajstić information content (AvgIpc) is 2.17. The molecule has 16 heavy (non-hydrogen) atoms. The number of carbonyl (C=O) groups is 1. The lowest BCUT2D eigenvalue weighted by molar-refractivity contribution is 0.217. The maximum absolute atomic E-state index is 11.7. The van der Waals surface area contributed by atoms with Crippen LogP contribution in [-0.2, 0) is 0 Å². The number of urea groups is 1. The van der Waals surface area contributed by atoms with E-state index in [0.717, 1.165) is 0 Å². The molecule has 0 atom stereocenters. The summed E-state index contributed by atoms with van der Waals surface area (Å²) >= 11 is 11.4. The first kappa shape index (κ1) is 13.1. The van der Waals surface area contributed by atoms with E-state index in [2.05, 4.69) is 10.3 Å². The van der Waals surface area contributed by atoms with E-state index in [4.69, 9.17) is 23.2 Å². The fraction of sp³-hybridized carbons (Fsp3) is 0.400. The van der Waals surface area contributed by atoms with Gasteiger partial charge in [0.05, 0.1) is 0 Å². The van der Waals surface area contributed by atoms with Crippen molar-refractivity contribution in [3.05, 3.63) is 22.4 Å². The van der Waals surface area contributed by atoms with Crippen LogP contribution < -0.4 is 5.32 Å². The average molecular weight is 262 g/mol. The zero-order valence-electron chi connectivity index (χ0n) is 9.13. The van der Waals surface area contributed by atoms with E-state index >= 15 is 0 Å². The molecule has 0 unspecified atom stereocenters. The lowest BCUT2D eigenvalue weighted by Gasteiger charge is -2.19. The number of rotatable bonds is 3. The van der Waals surface area contributed by atoms with Crippen molar-refractivity contribution in [3.8, 4) is 0 Å². The third-order valence-corrected chi connectivity index (χ3v) is 2.45. The molecular weight excluding hydrogens is 249 g/mol. The summed E-state index contributed by atoms with van der Waals surface area (Å²) in [5.74, 6) is 0. The molecule has 1 N–H and O–H groups in total. The minimum absolute atomic E-state index is 0.177. The van der Waals surface area contributed by atoms with E-state index in [1.807, 2.05) is 13.8 Å². The predicted octanol–water partition coefficient (Wildman–Crippen LogP) is 3.26. The zero-order valence-corrected chi connectivity index (χ0v) is 10.6. The number of pyridine rings is 1. The summed E-state index contributed by atoms with van der Waals surface area (Å²) in [6, 6.07) is 2.92. The normalized spacial score (nSPS) is 10.0. The fourth-order valence-corrected chi connectivity index (χ4v) is 1.71. The number of hydrogen-bond acceptors (Lipinski definition) is 2. The van der Waals surface area contributed by atoms with Crippen molar-refractivity contribution in [1.29, 1.82) is 0 Å². The number of amides is 2. The largest absolute Gasteiger partial charge is 0.325 e. The topological polar surface area (TPSA) is 45.2 Å². The first-order valence-electron chi connectivity index (χ1n) is 4.95. The summed E-state index contributed by atoms with van der Waals surface area (Å²) in [7, 11) is 0. The van der Waals surface area contributed by atoms with Gasteiger partial charge < -0.3 is 10.2 Å². The smallest absolute Gasteiger partial charge is 0.321 e. The monoisotopic (exact) mass is 261 g/mol. The van der Waals surface area contributed by atoms with Crippen LogP contribution in [0.25, 0.3) is 0 Å². The molecule has 0 fully saturated rings. The van der Waals surface area contributed by atoms with Gasteiger partial charge in [-0.2, -0.15) is 0 Å². The van der Waals surface area contributed by atoms with E-state index in [-0.39, 0.29) is 16.3 Å². The fourth-order valence-electron chi connectivity index (χ4n) is 1.25. The van der Waals surface area contributed by atoms with Gasteiger partial charge in [-0.25, -0.2) is 9.78 Å². The van der Waals surface area contributed by atoms with Crippen LogP contribution >= 0.6 is 23.2 Å². The van der Waals surface area contributed by atoms with Crippen molar-refractivity contribution in [1.82, 2.24) is 9.88 Å². The standard InChI is InChI=1S/C10H13Cl2N3O/c1-3-15(4-2)10(16)13-7-5-8(11)14-9(12)6-7/h5-6H,3-4H2,1-2H3,(H,13,14,16). The second kappa shape index (κ2) is 5.92. The Morgan fingerprint density at radius 3 is 2.25 bits per heavy atom. The van der Waals surface area contributed by atoms with Crippen molar-refractivity contribution in [2.45, 2.75) is 13.8 Å². The van der Waals surface area contributed by atoms with E-state index in [9.17, 15) is 4.79 Å². The van der Waals surface area contributed by atoms with Crippen molar-refractivity contribution in [3.63, 3.8) is 0 Å². The lowest BCUT2D eigenvalue weighted by Crippen LogP contribution is -2.34. The number of halogens is 2. The Labute approximate surface area is 105 Å². The number of anilines is 1. The quantitative estimate of drug-likeness (QED) is 0.850. The van der Waals surface area contributed by atoms with Crippen LogP contribution in [-0.4, -0.2) is 29.0 Å². The molecule has 1 heterocycles. The van der Waals surface area contributed by atoms with Gasteiger partial charge in [0.1, 0.15) is 10.3 Å². The van der Waals surface area contributed by atoms with Crippen molar-refractivity contribution >= 4 is 34.9 Å². The van der Waals surface area contributed by atoms with Gasteiger partial charge in [0, 0.05) is 18.8 Å². The number of nitrogens with zero attached hydrogens (tertiary/aromatic N) is 2. The second-order valence-corrected chi connectivity index (χ2v) is 3.88. The van der Waals surface area contributed by atoms with E-state index in [1.165, 1.54) is 0 Å². The van der Waals surface area contributed by atoms with Crippen LogP contribution in [0.1, 0.15) is 13.8 Å². The minimum Gasteiger partial charge on any atom is -0.325 e. The Morgan fingerprint density at radius 2 is 1.81 bits per heavy atom. The van der Waals surface area contributed by atoms with Crippen LogP contribution in [0.5, 0.6) is 0 Å². The Bertz CT molecular complexity index is 360. The molecule has 4 nitrogen and oxygen atoms in total. The van der Waals surface area contributed by atoms with Crippen molar-refractivity contribution in [2.24, 2.45) is 0 Å². The van der Waals surface area contributed by atoms with Gasteiger partial charge in [-0.3, -0.25) is 0 Å². The van der Waals surface area contributed by atoms with Gasteiger partial charge in [0.25, 0.3) is 0 Å². The first-order chi connectivity index (χ1) is 7.56. The molecule has 1 rings (SSSR count). The summed E-state index contributed by atoms with van der Waals surface area (Å²) in [6.07, 6.45) is 0. The highest BCUT2D eigenvalue weighted by atomic mass is 35.5. The zero-order chi connectivity index (χ0) is 12.1. The molecule has 88 valence electrons. The highest BCUT2D eigenvalue weighted by Crippen LogP contribution is 2.18. The molecular formula is C10H13Cl2N3O. The van der Waals surface area contributed by atoms with E-state index in [1.54, 1.807) is 17.0 Å². The van der Waals surface area contributed by atoms with Gasteiger partial charge in [-0.05, 0) is 26.0 Å². The van der Waals surface area contributed by atoms with Crippen LogP contribution in [0.3, 0.4) is 0 Å². The Kier molecular flexibility index (Phi) is 4.83. The lowest BCUT2D eigenvalue weighted by atomic mass is 10.4. The minimum atomic E-state index is -0.177. The molecule has 0 bridgehead atoms. The van der Waals surface area contributed by atoms with Crippen LogP contribution in [0.4, 0.5) is 10.5 Å². The molecule has 0 spiro atoms. The van der Waals surface area contributed by atoms with Gasteiger partial charge in [-0.1, -0.05) is 23.2 Å². The Balaban J connectivity index is 2.76. The van der Waals surface area contributed by atoms with E-state index < -0.39 is 0 Å². The molecule has 0 radical (unpaired) electrons. The third kappa shape index (κ3) is 3.54. The number of carbonyl (C=O) groups excluding carboxylic acids is 1. The molecule has 0 aliphatic heterocycles. The van der Waals surface area contributed by atoms with Gasteiger partial charge >= 0.3 is 6.03 Å². The highest BCUT2D eigenvalue weighted by Gasteiger charge is 2.10. The Morgan fingerprint density at radius 1 is 1.31 bits per heavy atom. The van der Waals surface area contributed by atoms with E-state index in [0.29, 0.717) is 18.8 Å². The van der Waals surface area contributed by atoms with Crippen LogP contribution in [0.15, 0.2) is 12.1 Å². The molecule has 2 amide bonds. The number of nitrogens with one attached hydrogen (secondary N) is 1. The molecule has 0 aliphatic carbocycles. The number of hydrogen-bond donors (Lipinski definition) is 1. The maximum Gasteiger partial charge on any atom is 0.321 e. The van der Waals surface area contributed by atoms with Gasteiger partial charge in [0.2, 0.25) is 0 Å². The number of aromatic nitrogens is 1. The summed E-state index contributed by atoms with van der Waals surface area (Å²) in [5.41, 5.74) is 0.543. The van der Waals surface area contributed by atoms with Crippen molar-refractivity contribution < 1.29 is 4.79 Å². The van der Waals surface area contributed by atoms with Gasteiger partial charge in [0.15, 0.2) is 0 Å². The first-order valence-corrected chi connectivity index (χ1v) is 5.71. The molecule has 6 heteroatoms. The molecule has 1 aromatic heterocycles. The molecule has 0 saturated heterocycles. The maximum atomic E-state index is 11.7. The summed E-state index contributed by atoms with van der Waals surface area (Å²) < 4.78 is 0. The molecule has 0 aromatic carbocycles. The highest BCUT2D eigenvalue weighted by molar-refractivity contribution is 6.32. The SMILES string of the molecule is CCN(CC)C(=O)Nc1cc(Cl)nc(Cl)c1. The summed E-state index contributed by atoms with van der Waals surface area (Å²) in [5, 5.41) is 3.21. The predicted molar refractivity (Wildman–Crippen MR) is 66.2 cm³/mol. The van der Waals surface area contributed by atoms with Crippen LogP contribution in [0.2, 0.25) is 10.3 Å². The molecule has 0 aliphatic rings. The van der Waals surface area contributed by atoms with Crippen molar-refractivity contribution in [2.75, 3.05) is 18.4 Å². The second-order valence-electron chi connectivity index (χ2n) is 3.10. The van der Waals surface area contributed by atoms with Gasteiger partial charge in [-0.15, -0.1) is 0 Å². The summed E-state index contributed by atoms with van der Waals surface area (Å²) in [4.78, 5) is 17.2. The summed E-state index contributed by atoms with van der Waals surface area (Å²) in [6.45, 7) is 5.12. The van der Waals surface area contributed by atoms with Crippen LogP contribution in [0, 0.1) is 0 Å². The third-order valence-electron chi connectivity index (χ3n) is 2.06.